The molecular formula is C33H41N4O7P. The van der Waals surface area contributed by atoms with Crippen molar-refractivity contribution in [3.05, 3.63) is 71.9 Å². The summed E-state index contributed by atoms with van der Waals surface area (Å²) >= 11 is 0. The van der Waals surface area contributed by atoms with E-state index in [9.17, 15) is 28.7 Å². The van der Waals surface area contributed by atoms with Gasteiger partial charge in [0.25, 0.3) is 0 Å². The number of carbonyl (C=O) groups excluding carboxylic acids is 3. The molecule has 4 saturated carbocycles. The molecule has 0 radical (unpaired) electrons. The molecule has 11 nitrogen and oxygen atoms in total. The minimum absolute atomic E-state index is 0.0779. The first-order valence-electron chi connectivity index (χ1n) is 15.7. The Kier molecular flexibility index (Phi) is 8.78. The van der Waals surface area contributed by atoms with Gasteiger partial charge in [0, 0.05) is 30.1 Å². The lowest BCUT2D eigenvalue weighted by molar-refractivity contribution is -0.128. The van der Waals surface area contributed by atoms with E-state index in [0.29, 0.717) is 17.4 Å². The largest absolute Gasteiger partial charge is 0.446 e. The van der Waals surface area contributed by atoms with E-state index >= 15 is 0 Å². The normalized spacial score (nSPS) is 25.7. The fraction of sp³-hybridized carbons (Fsp3) is 0.485. The number of ether oxygens (including phenoxy) is 1. The Labute approximate surface area is 262 Å². The smallest absolute Gasteiger partial charge is 0.408 e. The summed E-state index contributed by atoms with van der Waals surface area (Å²) in [6.45, 7) is 1.58. The zero-order valence-corrected chi connectivity index (χ0v) is 26.2. The van der Waals surface area contributed by atoms with Crippen LogP contribution in [0.1, 0.15) is 56.2 Å². The quantitative estimate of drug-likeness (QED) is 0.172. The number of aromatic amines is 1. The van der Waals surface area contributed by atoms with E-state index in [4.69, 9.17) is 4.74 Å². The van der Waals surface area contributed by atoms with Crippen molar-refractivity contribution in [2.45, 2.75) is 63.1 Å². The zero-order valence-electron chi connectivity index (χ0n) is 25.3. The van der Waals surface area contributed by atoms with Crippen LogP contribution in [0.2, 0.25) is 0 Å². The van der Waals surface area contributed by atoms with E-state index in [1.807, 2.05) is 30.5 Å². The van der Waals surface area contributed by atoms with Gasteiger partial charge in [0.1, 0.15) is 17.8 Å². The fourth-order valence-electron chi connectivity index (χ4n) is 8.04. The van der Waals surface area contributed by atoms with Gasteiger partial charge < -0.3 is 35.5 Å². The van der Waals surface area contributed by atoms with Crippen LogP contribution in [0, 0.1) is 23.7 Å². The first-order chi connectivity index (χ1) is 21.5. The number of hydrogen-bond donors (Lipinski definition) is 6. The maximum atomic E-state index is 14.0. The number of amides is 3. The molecule has 12 heteroatoms. The Morgan fingerprint density at radius 1 is 0.978 bits per heavy atom. The summed E-state index contributed by atoms with van der Waals surface area (Å²) in [6.07, 6.45) is 5.90. The summed E-state index contributed by atoms with van der Waals surface area (Å²) in [6, 6.07) is 15.8. The van der Waals surface area contributed by atoms with E-state index < -0.39 is 43.2 Å². The number of nitrogens with one attached hydrogen (secondary N) is 4. The second kappa shape index (κ2) is 12.6. The number of rotatable bonds is 11. The number of H-pyrrole nitrogens is 1. The van der Waals surface area contributed by atoms with Gasteiger partial charge in [-0.15, -0.1) is 0 Å². The van der Waals surface area contributed by atoms with Crippen molar-refractivity contribution < 1.29 is 33.5 Å². The molecule has 1 aromatic heterocycles. The molecule has 1 heterocycles. The van der Waals surface area contributed by atoms with Gasteiger partial charge in [-0.25, -0.2) is 4.79 Å². The minimum Gasteiger partial charge on any atom is -0.446 e. The van der Waals surface area contributed by atoms with Crippen molar-refractivity contribution in [3.8, 4) is 0 Å². The second-order valence-corrected chi connectivity index (χ2v) is 15.0. The van der Waals surface area contributed by atoms with E-state index in [1.165, 1.54) is 6.42 Å². The van der Waals surface area contributed by atoms with Crippen LogP contribution in [-0.2, 0) is 25.3 Å². The first-order valence-corrected chi connectivity index (χ1v) is 17.5. The van der Waals surface area contributed by atoms with Crippen LogP contribution in [0.25, 0.3) is 10.9 Å². The van der Waals surface area contributed by atoms with Gasteiger partial charge in [-0.3, -0.25) is 14.2 Å². The van der Waals surface area contributed by atoms with E-state index in [0.717, 1.165) is 54.0 Å². The lowest BCUT2D eigenvalue weighted by Gasteiger charge is -2.53. The van der Waals surface area contributed by atoms with Crippen molar-refractivity contribution in [3.63, 3.8) is 0 Å². The Morgan fingerprint density at radius 3 is 2.29 bits per heavy atom. The number of benzene rings is 2. The fourth-order valence-corrected chi connectivity index (χ4v) is 8.51. The predicted molar refractivity (Wildman–Crippen MR) is 168 cm³/mol. The number of alkyl carbamates (subject to hydrolysis) is 1. The summed E-state index contributed by atoms with van der Waals surface area (Å²) in [5.41, 5.74) is 0.964. The molecule has 7 rings (SSSR count). The molecule has 2 atom stereocenters. The number of fused-ring (bicyclic) bond motifs is 1. The Bertz CT molecular complexity index is 1580. The van der Waals surface area contributed by atoms with E-state index in [1.54, 1.807) is 37.3 Å². The molecule has 0 unspecified atom stereocenters. The van der Waals surface area contributed by atoms with Gasteiger partial charge in [-0.05, 0) is 79.9 Å². The van der Waals surface area contributed by atoms with Crippen molar-refractivity contribution in [2.75, 3.05) is 12.7 Å². The zero-order chi connectivity index (χ0) is 31.8. The monoisotopic (exact) mass is 636 g/mol. The van der Waals surface area contributed by atoms with Crippen LogP contribution < -0.4 is 16.0 Å². The van der Waals surface area contributed by atoms with Crippen molar-refractivity contribution in [2.24, 2.45) is 23.7 Å². The van der Waals surface area contributed by atoms with Crippen LogP contribution in [0.3, 0.4) is 0 Å². The molecule has 0 spiro atoms. The number of carbonyl (C=O) groups is 3. The second-order valence-electron chi connectivity index (χ2n) is 13.4. The van der Waals surface area contributed by atoms with Crippen LogP contribution in [0.4, 0.5) is 4.79 Å². The Balaban J connectivity index is 1.20. The molecule has 6 N–H and O–H groups in total. The van der Waals surface area contributed by atoms with Crippen molar-refractivity contribution in [1.29, 1.82) is 0 Å². The molecule has 45 heavy (non-hydrogen) atoms. The Morgan fingerprint density at radius 2 is 1.62 bits per heavy atom. The van der Waals surface area contributed by atoms with Gasteiger partial charge in [-0.2, -0.15) is 0 Å². The molecule has 0 saturated heterocycles. The summed E-state index contributed by atoms with van der Waals surface area (Å²) in [5.74, 6) is 0.861. The highest BCUT2D eigenvalue weighted by Crippen LogP contribution is 2.54. The minimum atomic E-state index is -4.59. The van der Waals surface area contributed by atoms with Gasteiger partial charge in [-0.1, -0.05) is 48.5 Å². The molecule has 240 valence electrons. The summed E-state index contributed by atoms with van der Waals surface area (Å²) in [4.78, 5) is 61.8. The molecule has 4 aliphatic carbocycles. The van der Waals surface area contributed by atoms with Gasteiger partial charge in [0.05, 0.1) is 6.04 Å². The molecule has 3 aromatic rings. The molecule has 2 aromatic carbocycles. The van der Waals surface area contributed by atoms with Gasteiger partial charge in [0.15, 0.2) is 0 Å². The molecule has 4 bridgehead atoms. The highest BCUT2D eigenvalue weighted by molar-refractivity contribution is 7.52. The maximum absolute atomic E-state index is 14.0. The predicted octanol–water partition coefficient (Wildman–Crippen LogP) is 4.17. The van der Waals surface area contributed by atoms with Gasteiger partial charge in [0.2, 0.25) is 11.8 Å². The third kappa shape index (κ3) is 7.27. The summed E-state index contributed by atoms with van der Waals surface area (Å²) in [5, 5.41) is 9.35. The molecule has 4 aliphatic rings. The molecule has 0 aliphatic heterocycles. The average Bonchev–Trinajstić information content (AvgIpc) is 3.38. The number of aromatic nitrogens is 1. The SMILES string of the molecule is C[C@](Cc1c[nH]c2ccccc12)(NC(=O)OC1C2CC3CC(C2)CC1C3)C(=O)NC[C@@H](NC(=O)CP(=O)(O)O)c1ccccc1. The van der Waals surface area contributed by atoms with Crippen molar-refractivity contribution >= 4 is 36.4 Å². The first kappa shape index (κ1) is 31.3. The summed E-state index contributed by atoms with van der Waals surface area (Å²) < 4.78 is 17.5. The summed E-state index contributed by atoms with van der Waals surface area (Å²) in [7, 11) is -4.59. The van der Waals surface area contributed by atoms with E-state index in [-0.39, 0.29) is 19.1 Å². The van der Waals surface area contributed by atoms with Crippen LogP contribution in [0.5, 0.6) is 0 Å². The highest BCUT2D eigenvalue weighted by atomic mass is 31.2. The van der Waals surface area contributed by atoms with Gasteiger partial charge >= 0.3 is 13.7 Å². The third-order valence-corrected chi connectivity index (χ3v) is 10.5. The molecular weight excluding hydrogens is 595 g/mol. The molecule has 3 amide bonds. The van der Waals surface area contributed by atoms with Crippen LogP contribution >= 0.6 is 7.60 Å². The Hall–Kier alpha value is -3.66. The lowest BCUT2D eigenvalue weighted by Crippen LogP contribution is -2.60. The number of hydrogen-bond acceptors (Lipinski definition) is 5. The molecule has 4 fully saturated rings. The highest BCUT2D eigenvalue weighted by Gasteiger charge is 2.50. The van der Waals surface area contributed by atoms with Crippen LogP contribution in [0.15, 0.2) is 60.8 Å². The van der Waals surface area contributed by atoms with E-state index in [2.05, 4.69) is 20.9 Å². The lowest BCUT2D eigenvalue weighted by atomic mass is 9.55. The maximum Gasteiger partial charge on any atom is 0.408 e. The van der Waals surface area contributed by atoms with Crippen molar-refractivity contribution in [1.82, 2.24) is 20.9 Å². The average molecular weight is 637 g/mol. The number of para-hydroxylation sites is 1. The third-order valence-electron chi connectivity index (χ3n) is 9.83. The van der Waals surface area contributed by atoms with Crippen LogP contribution in [-0.4, -0.2) is 57.0 Å². The topological polar surface area (TPSA) is 170 Å². The standard InChI is InChI=1S/C33H41N4O7P/c1-33(16-25-17-34-27-10-6-5-9-26(25)27,37-32(40)44-30-23-12-20-11-21(14-23)15-24(30)13-20)31(39)35-18-28(22-7-3-2-4-8-22)36-29(38)19-45(41,42)43/h2-10,17,20-21,23-24,28,30,34H,11-16,18-19H2,1H3,(H,35,39)(H,36,38)(H,37,40)(H2,41,42,43)/t20?,21?,23?,24?,28-,30?,33-/m1/s1.